The first-order chi connectivity index (χ1) is 9.47. The summed E-state index contributed by atoms with van der Waals surface area (Å²) in [4.78, 5) is 23.1. The second-order valence-corrected chi connectivity index (χ2v) is 5.41. The predicted molar refractivity (Wildman–Crippen MR) is 73.5 cm³/mol. The Labute approximate surface area is 117 Å². The van der Waals surface area contributed by atoms with E-state index in [1.807, 2.05) is 6.92 Å². The highest BCUT2D eigenvalue weighted by molar-refractivity contribution is 5.94. The van der Waals surface area contributed by atoms with Crippen molar-refractivity contribution in [3.63, 3.8) is 0 Å². The SMILES string of the molecule is Cc1ccc(F)c(C(=O)NC2CCC(C(N)=O)CC2)c1. The zero-order chi connectivity index (χ0) is 14.7. The summed E-state index contributed by atoms with van der Waals surface area (Å²) in [5.74, 6) is -1.29. The van der Waals surface area contributed by atoms with Crippen molar-refractivity contribution < 1.29 is 14.0 Å². The maximum atomic E-state index is 13.6. The van der Waals surface area contributed by atoms with Crippen LogP contribution < -0.4 is 11.1 Å². The van der Waals surface area contributed by atoms with E-state index >= 15 is 0 Å². The van der Waals surface area contributed by atoms with Crippen molar-refractivity contribution in [2.24, 2.45) is 11.7 Å². The van der Waals surface area contributed by atoms with E-state index in [1.54, 1.807) is 12.1 Å². The molecule has 1 aliphatic carbocycles. The summed E-state index contributed by atoms with van der Waals surface area (Å²) in [5, 5.41) is 2.83. The first kappa shape index (κ1) is 14.5. The molecule has 0 saturated heterocycles. The van der Waals surface area contributed by atoms with Crippen molar-refractivity contribution >= 4 is 11.8 Å². The molecule has 0 bridgehead atoms. The molecule has 1 aromatic carbocycles. The van der Waals surface area contributed by atoms with Gasteiger partial charge < -0.3 is 11.1 Å². The van der Waals surface area contributed by atoms with Gasteiger partial charge in [0.15, 0.2) is 0 Å². The largest absolute Gasteiger partial charge is 0.369 e. The number of hydrogen-bond donors (Lipinski definition) is 2. The number of halogens is 1. The standard InChI is InChI=1S/C15H19FN2O2/c1-9-2-7-13(16)12(8-9)15(20)18-11-5-3-10(4-6-11)14(17)19/h2,7-8,10-11H,3-6H2,1H3,(H2,17,19)(H,18,20). The molecule has 1 fully saturated rings. The van der Waals surface area contributed by atoms with Crippen LogP contribution in [-0.4, -0.2) is 17.9 Å². The number of benzene rings is 1. The van der Waals surface area contributed by atoms with Crippen LogP contribution in [0, 0.1) is 18.7 Å². The molecule has 0 atom stereocenters. The third-order valence-corrected chi connectivity index (χ3v) is 3.83. The molecule has 4 nitrogen and oxygen atoms in total. The highest BCUT2D eigenvalue weighted by Gasteiger charge is 2.26. The molecule has 0 spiro atoms. The Balaban J connectivity index is 1.96. The zero-order valence-corrected chi connectivity index (χ0v) is 11.5. The zero-order valence-electron chi connectivity index (χ0n) is 11.5. The first-order valence-corrected chi connectivity index (χ1v) is 6.83. The van der Waals surface area contributed by atoms with Crippen LogP contribution in [0.15, 0.2) is 18.2 Å². The average Bonchev–Trinajstić information content (AvgIpc) is 2.42. The average molecular weight is 278 g/mol. The van der Waals surface area contributed by atoms with Gasteiger partial charge in [0.05, 0.1) is 5.56 Å². The van der Waals surface area contributed by atoms with E-state index in [9.17, 15) is 14.0 Å². The second-order valence-electron chi connectivity index (χ2n) is 5.41. The van der Waals surface area contributed by atoms with E-state index in [2.05, 4.69) is 5.32 Å². The van der Waals surface area contributed by atoms with Gasteiger partial charge in [-0.05, 0) is 44.7 Å². The van der Waals surface area contributed by atoms with Crippen LogP contribution in [0.3, 0.4) is 0 Å². The molecule has 0 heterocycles. The molecule has 0 unspecified atom stereocenters. The number of amides is 2. The lowest BCUT2D eigenvalue weighted by Crippen LogP contribution is -2.40. The van der Waals surface area contributed by atoms with Crippen molar-refractivity contribution in [2.75, 3.05) is 0 Å². The summed E-state index contributed by atoms with van der Waals surface area (Å²) in [6, 6.07) is 4.45. The Hall–Kier alpha value is -1.91. The van der Waals surface area contributed by atoms with E-state index < -0.39 is 11.7 Å². The topological polar surface area (TPSA) is 72.2 Å². The van der Waals surface area contributed by atoms with Crippen molar-refractivity contribution in [1.29, 1.82) is 0 Å². The molecule has 5 heteroatoms. The molecule has 0 radical (unpaired) electrons. The third kappa shape index (κ3) is 3.35. The van der Waals surface area contributed by atoms with Crippen molar-refractivity contribution in [3.8, 4) is 0 Å². The minimum absolute atomic E-state index is 0.0157. The normalized spacial score (nSPS) is 22.3. The van der Waals surface area contributed by atoms with E-state index in [0.717, 1.165) is 5.56 Å². The summed E-state index contributed by atoms with van der Waals surface area (Å²) in [5.41, 5.74) is 6.18. The van der Waals surface area contributed by atoms with E-state index in [-0.39, 0.29) is 23.4 Å². The lowest BCUT2D eigenvalue weighted by molar-refractivity contribution is -0.122. The highest BCUT2D eigenvalue weighted by Crippen LogP contribution is 2.24. The third-order valence-electron chi connectivity index (χ3n) is 3.83. The van der Waals surface area contributed by atoms with Gasteiger partial charge in [0, 0.05) is 12.0 Å². The number of rotatable bonds is 3. The van der Waals surface area contributed by atoms with Gasteiger partial charge >= 0.3 is 0 Å². The minimum Gasteiger partial charge on any atom is -0.369 e. The summed E-state index contributed by atoms with van der Waals surface area (Å²) < 4.78 is 13.6. The van der Waals surface area contributed by atoms with Gasteiger partial charge in [-0.2, -0.15) is 0 Å². The number of carbonyl (C=O) groups is 2. The minimum atomic E-state index is -0.515. The highest BCUT2D eigenvalue weighted by atomic mass is 19.1. The van der Waals surface area contributed by atoms with Crippen molar-refractivity contribution in [3.05, 3.63) is 35.1 Å². The fraction of sp³-hybridized carbons (Fsp3) is 0.467. The summed E-state index contributed by atoms with van der Waals surface area (Å²) in [6.45, 7) is 1.81. The van der Waals surface area contributed by atoms with Gasteiger partial charge in [-0.15, -0.1) is 0 Å². The number of primary amides is 1. The van der Waals surface area contributed by atoms with Gasteiger partial charge in [-0.25, -0.2) is 4.39 Å². The first-order valence-electron chi connectivity index (χ1n) is 6.83. The molecule has 108 valence electrons. The second kappa shape index (κ2) is 6.03. The van der Waals surface area contributed by atoms with Crippen molar-refractivity contribution in [1.82, 2.24) is 5.32 Å². The summed E-state index contributed by atoms with van der Waals surface area (Å²) in [7, 11) is 0. The molecule has 0 aromatic heterocycles. The van der Waals surface area contributed by atoms with Crippen molar-refractivity contribution in [2.45, 2.75) is 38.6 Å². The van der Waals surface area contributed by atoms with E-state index in [1.165, 1.54) is 6.07 Å². The van der Waals surface area contributed by atoms with Crippen LogP contribution in [0.25, 0.3) is 0 Å². The van der Waals surface area contributed by atoms with Crippen LogP contribution >= 0.6 is 0 Å². The number of nitrogens with one attached hydrogen (secondary N) is 1. The van der Waals surface area contributed by atoms with Gasteiger partial charge in [-0.3, -0.25) is 9.59 Å². The summed E-state index contributed by atoms with van der Waals surface area (Å²) in [6.07, 6.45) is 2.76. The Morgan fingerprint density at radius 1 is 1.25 bits per heavy atom. The molecule has 1 saturated carbocycles. The Bertz CT molecular complexity index is 523. The van der Waals surface area contributed by atoms with Gasteiger partial charge in [-0.1, -0.05) is 11.6 Å². The number of nitrogens with two attached hydrogens (primary N) is 1. The van der Waals surface area contributed by atoms with E-state index in [0.29, 0.717) is 25.7 Å². The molecule has 2 rings (SSSR count). The fourth-order valence-corrected chi connectivity index (χ4v) is 2.60. The number of carbonyl (C=O) groups excluding carboxylic acids is 2. The Morgan fingerprint density at radius 3 is 2.50 bits per heavy atom. The molecule has 1 aliphatic rings. The quantitative estimate of drug-likeness (QED) is 0.886. The van der Waals surface area contributed by atoms with Crippen LogP contribution in [0.5, 0.6) is 0 Å². The summed E-state index contributed by atoms with van der Waals surface area (Å²) >= 11 is 0. The van der Waals surface area contributed by atoms with Gasteiger partial charge in [0.2, 0.25) is 5.91 Å². The van der Waals surface area contributed by atoms with Gasteiger partial charge in [0.25, 0.3) is 5.91 Å². The molecule has 3 N–H and O–H groups in total. The lowest BCUT2D eigenvalue weighted by atomic mass is 9.85. The Morgan fingerprint density at radius 2 is 1.90 bits per heavy atom. The maximum absolute atomic E-state index is 13.6. The van der Waals surface area contributed by atoms with Gasteiger partial charge in [0.1, 0.15) is 5.82 Å². The lowest BCUT2D eigenvalue weighted by Gasteiger charge is -2.27. The van der Waals surface area contributed by atoms with Crippen LogP contribution in [-0.2, 0) is 4.79 Å². The maximum Gasteiger partial charge on any atom is 0.254 e. The monoisotopic (exact) mass is 278 g/mol. The smallest absolute Gasteiger partial charge is 0.254 e. The molecule has 2 amide bonds. The molecule has 1 aromatic rings. The molecular weight excluding hydrogens is 259 g/mol. The van der Waals surface area contributed by atoms with Crippen LogP contribution in [0.2, 0.25) is 0 Å². The van der Waals surface area contributed by atoms with E-state index in [4.69, 9.17) is 5.73 Å². The predicted octanol–water partition coefficient (Wildman–Crippen LogP) is 1.91. The molecular formula is C15H19FN2O2. The Kier molecular flexibility index (Phi) is 4.37. The number of hydrogen-bond acceptors (Lipinski definition) is 2. The van der Waals surface area contributed by atoms with Crippen LogP contribution in [0.4, 0.5) is 4.39 Å². The fourth-order valence-electron chi connectivity index (χ4n) is 2.60. The molecule has 0 aliphatic heterocycles. The molecule has 20 heavy (non-hydrogen) atoms. The van der Waals surface area contributed by atoms with Crippen LogP contribution in [0.1, 0.15) is 41.6 Å². The number of aryl methyl sites for hydroxylation is 1.